The Morgan fingerprint density at radius 1 is 0.571 bits per heavy atom. The van der Waals surface area contributed by atoms with Gasteiger partial charge in [-0.3, -0.25) is 4.79 Å². The average Bonchev–Trinajstić information content (AvgIpc) is 2.99. The molecule has 0 aliphatic carbocycles. The monoisotopic (exact) mass is 566 g/mol. The van der Waals surface area contributed by atoms with E-state index in [1.165, 1.54) is 0 Å². The summed E-state index contributed by atoms with van der Waals surface area (Å²) in [7, 11) is 0. The van der Waals surface area contributed by atoms with Crippen molar-refractivity contribution in [3.8, 4) is 45.3 Å². The Balaban J connectivity index is 1.59. The molecule has 0 unspecified atom stereocenters. The number of Topliss-reactive ketones (excluding diaryl/α,β-unsaturated/α-hetero) is 1. The summed E-state index contributed by atoms with van der Waals surface area (Å²) in [4.78, 5) is 13.6. The van der Waals surface area contributed by atoms with E-state index in [1.807, 2.05) is 60.7 Å². The molecule has 0 aliphatic rings. The standard InChI is InChI=1S/C37H42O5/c1-3-5-11-21-41-30-19-17-27(34(25-30)32-13-7-9-15-36(32)39)23-29(38)24-28-18-20-31(42-22-12-6-4-2)26-35(28)33-14-8-10-16-37(33)40/h7-10,13-20,25-26,39-40H,3-6,11-12,21-24H2,1-2H3. The van der Waals surface area contributed by atoms with Crippen molar-refractivity contribution < 1.29 is 24.5 Å². The number of unbranched alkanes of at least 4 members (excludes halogenated alkanes) is 4. The van der Waals surface area contributed by atoms with Gasteiger partial charge in [0, 0.05) is 24.0 Å². The van der Waals surface area contributed by atoms with Gasteiger partial charge in [0.2, 0.25) is 0 Å². The van der Waals surface area contributed by atoms with Gasteiger partial charge in [-0.25, -0.2) is 0 Å². The highest BCUT2D eigenvalue weighted by molar-refractivity contribution is 5.89. The summed E-state index contributed by atoms with van der Waals surface area (Å²) in [6, 6.07) is 25.8. The number of aromatic hydroxyl groups is 2. The van der Waals surface area contributed by atoms with Crippen molar-refractivity contribution in [3.05, 3.63) is 96.1 Å². The number of ether oxygens (including phenoxy) is 2. The van der Waals surface area contributed by atoms with E-state index in [2.05, 4.69) is 13.8 Å². The summed E-state index contributed by atoms with van der Waals surface area (Å²) in [5.74, 6) is 1.78. The number of phenolic OH excluding ortho intramolecular Hbond substituents is 2. The minimum Gasteiger partial charge on any atom is -0.507 e. The lowest BCUT2D eigenvalue weighted by Crippen LogP contribution is -2.09. The van der Waals surface area contributed by atoms with Crippen molar-refractivity contribution in [3.63, 3.8) is 0 Å². The molecular formula is C37H42O5. The SMILES string of the molecule is CCCCCOc1ccc(CC(=O)Cc2ccc(OCCCCC)cc2-c2ccccc2O)c(-c2ccccc2O)c1. The quantitative estimate of drug-likeness (QED) is 0.132. The van der Waals surface area contributed by atoms with Crippen LogP contribution in [0.15, 0.2) is 84.9 Å². The van der Waals surface area contributed by atoms with Crippen LogP contribution in [0.1, 0.15) is 63.5 Å². The topological polar surface area (TPSA) is 76.0 Å². The normalized spacial score (nSPS) is 10.9. The van der Waals surface area contributed by atoms with Gasteiger partial charge in [-0.05, 0) is 71.5 Å². The highest BCUT2D eigenvalue weighted by Crippen LogP contribution is 2.36. The van der Waals surface area contributed by atoms with Gasteiger partial charge in [0.15, 0.2) is 0 Å². The fourth-order valence-electron chi connectivity index (χ4n) is 5.07. The van der Waals surface area contributed by atoms with E-state index in [0.29, 0.717) is 24.3 Å². The molecule has 0 radical (unpaired) electrons. The smallest absolute Gasteiger partial charge is 0.141 e. The molecule has 4 aromatic carbocycles. The number of para-hydroxylation sites is 2. The van der Waals surface area contributed by atoms with Crippen molar-refractivity contribution in [2.75, 3.05) is 13.2 Å². The van der Waals surface area contributed by atoms with Gasteiger partial charge < -0.3 is 19.7 Å². The Hall–Kier alpha value is -4.25. The van der Waals surface area contributed by atoms with Crippen LogP contribution in [0.3, 0.4) is 0 Å². The van der Waals surface area contributed by atoms with Crippen molar-refractivity contribution in [2.24, 2.45) is 0 Å². The van der Waals surface area contributed by atoms with Crippen LogP contribution in [0, 0.1) is 0 Å². The summed E-state index contributed by atoms with van der Waals surface area (Å²) in [5.41, 5.74) is 4.54. The molecule has 0 atom stereocenters. The molecule has 2 N–H and O–H groups in total. The molecule has 220 valence electrons. The summed E-state index contributed by atoms with van der Waals surface area (Å²) >= 11 is 0. The zero-order valence-corrected chi connectivity index (χ0v) is 24.8. The molecule has 0 aromatic heterocycles. The second-order valence-corrected chi connectivity index (χ2v) is 10.7. The van der Waals surface area contributed by atoms with Crippen LogP contribution >= 0.6 is 0 Å². The fourth-order valence-corrected chi connectivity index (χ4v) is 5.07. The molecule has 5 nitrogen and oxygen atoms in total. The second kappa shape index (κ2) is 15.7. The Labute approximate surface area is 249 Å². The number of benzene rings is 4. The molecule has 4 rings (SSSR count). The van der Waals surface area contributed by atoms with Crippen molar-refractivity contribution >= 4 is 5.78 Å². The third kappa shape index (κ3) is 8.39. The zero-order chi connectivity index (χ0) is 29.7. The lowest BCUT2D eigenvalue weighted by Gasteiger charge is -2.16. The van der Waals surface area contributed by atoms with E-state index in [4.69, 9.17) is 9.47 Å². The average molecular weight is 567 g/mol. The van der Waals surface area contributed by atoms with E-state index in [-0.39, 0.29) is 30.1 Å². The zero-order valence-electron chi connectivity index (χ0n) is 24.8. The molecule has 0 saturated heterocycles. The van der Waals surface area contributed by atoms with Crippen LogP contribution in [0.5, 0.6) is 23.0 Å². The molecule has 4 aromatic rings. The maximum Gasteiger partial charge on any atom is 0.141 e. The number of carbonyl (C=O) groups is 1. The van der Waals surface area contributed by atoms with Gasteiger partial charge in [-0.2, -0.15) is 0 Å². The van der Waals surface area contributed by atoms with Gasteiger partial charge in [0.25, 0.3) is 0 Å². The molecule has 0 saturated carbocycles. The summed E-state index contributed by atoms with van der Waals surface area (Å²) in [6.07, 6.45) is 6.78. The molecular weight excluding hydrogens is 524 g/mol. The van der Waals surface area contributed by atoms with Gasteiger partial charge in [0.1, 0.15) is 28.8 Å². The van der Waals surface area contributed by atoms with E-state index in [0.717, 1.165) is 72.3 Å². The first kappa shape index (κ1) is 30.7. The third-order valence-corrected chi connectivity index (χ3v) is 7.36. The summed E-state index contributed by atoms with van der Waals surface area (Å²) in [5, 5.41) is 21.3. The summed E-state index contributed by atoms with van der Waals surface area (Å²) in [6.45, 7) is 5.56. The molecule has 0 heterocycles. The predicted molar refractivity (Wildman–Crippen MR) is 170 cm³/mol. The van der Waals surface area contributed by atoms with Crippen molar-refractivity contribution in [1.29, 1.82) is 0 Å². The summed E-state index contributed by atoms with van der Waals surface area (Å²) < 4.78 is 12.0. The first-order valence-corrected chi connectivity index (χ1v) is 15.1. The minimum atomic E-state index is 0.0246. The Bertz CT molecular complexity index is 1350. The van der Waals surface area contributed by atoms with Crippen LogP contribution in [-0.2, 0) is 17.6 Å². The molecule has 0 spiro atoms. The number of ketones is 1. The first-order valence-electron chi connectivity index (χ1n) is 15.1. The fraction of sp³-hybridized carbons (Fsp3) is 0.324. The van der Waals surface area contributed by atoms with Crippen LogP contribution in [0.25, 0.3) is 22.3 Å². The van der Waals surface area contributed by atoms with E-state index >= 15 is 0 Å². The van der Waals surface area contributed by atoms with Crippen LogP contribution in [0.2, 0.25) is 0 Å². The van der Waals surface area contributed by atoms with Crippen molar-refractivity contribution in [1.82, 2.24) is 0 Å². The van der Waals surface area contributed by atoms with Gasteiger partial charge in [-0.1, -0.05) is 88.1 Å². The number of hydrogen-bond donors (Lipinski definition) is 2. The number of hydrogen-bond acceptors (Lipinski definition) is 5. The predicted octanol–water partition coefficient (Wildman–Crippen LogP) is 8.92. The Morgan fingerprint density at radius 3 is 1.40 bits per heavy atom. The highest BCUT2D eigenvalue weighted by atomic mass is 16.5. The maximum absolute atomic E-state index is 13.6. The highest BCUT2D eigenvalue weighted by Gasteiger charge is 2.17. The molecule has 0 bridgehead atoms. The van der Waals surface area contributed by atoms with Gasteiger partial charge >= 0.3 is 0 Å². The van der Waals surface area contributed by atoms with Gasteiger partial charge in [0.05, 0.1) is 13.2 Å². The minimum absolute atomic E-state index is 0.0246. The number of carbonyl (C=O) groups excluding carboxylic acids is 1. The lowest BCUT2D eigenvalue weighted by molar-refractivity contribution is -0.117. The van der Waals surface area contributed by atoms with Crippen LogP contribution < -0.4 is 9.47 Å². The molecule has 42 heavy (non-hydrogen) atoms. The van der Waals surface area contributed by atoms with E-state index in [9.17, 15) is 15.0 Å². The lowest BCUT2D eigenvalue weighted by atomic mass is 9.91. The number of phenols is 2. The van der Waals surface area contributed by atoms with E-state index in [1.54, 1.807) is 24.3 Å². The Kier molecular flexibility index (Phi) is 11.5. The molecule has 0 fully saturated rings. The van der Waals surface area contributed by atoms with E-state index < -0.39 is 0 Å². The molecule has 0 aliphatic heterocycles. The molecule has 0 amide bonds. The van der Waals surface area contributed by atoms with Crippen LogP contribution in [-0.4, -0.2) is 29.2 Å². The largest absolute Gasteiger partial charge is 0.507 e. The third-order valence-electron chi connectivity index (χ3n) is 7.36. The number of rotatable bonds is 16. The van der Waals surface area contributed by atoms with Crippen LogP contribution in [0.4, 0.5) is 0 Å². The maximum atomic E-state index is 13.6. The Morgan fingerprint density at radius 2 is 1.00 bits per heavy atom. The van der Waals surface area contributed by atoms with Gasteiger partial charge in [-0.15, -0.1) is 0 Å². The first-order chi connectivity index (χ1) is 20.5. The second-order valence-electron chi connectivity index (χ2n) is 10.7. The molecule has 5 heteroatoms. The van der Waals surface area contributed by atoms with Crippen molar-refractivity contribution in [2.45, 2.75) is 65.2 Å².